The van der Waals surface area contributed by atoms with E-state index in [2.05, 4.69) is 10.1 Å². The molecule has 1 saturated heterocycles. The lowest BCUT2D eigenvalue weighted by molar-refractivity contribution is -0.142. The molecule has 1 aliphatic heterocycles. The predicted octanol–water partition coefficient (Wildman–Crippen LogP) is 1.46. The number of rotatable bonds is 4. The fourth-order valence-corrected chi connectivity index (χ4v) is 3.18. The first-order valence-electron chi connectivity index (χ1n) is 6.00. The number of carbonyl (C=O) groups excluding carboxylic acids is 1. The van der Waals surface area contributed by atoms with Gasteiger partial charge < -0.3 is 9.26 Å². The number of ether oxygens (including phenoxy) is 1. The second kappa shape index (κ2) is 6.24. The highest BCUT2D eigenvalue weighted by molar-refractivity contribution is 7.99. The van der Waals surface area contributed by atoms with Crippen LogP contribution in [0, 0.1) is 6.92 Å². The fourth-order valence-electron chi connectivity index (χ4n) is 2.05. The molecular weight excluding hydrogens is 252 g/mol. The molecule has 6 heteroatoms. The first-order chi connectivity index (χ1) is 8.69. The summed E-state index contributed by atoms with van der Waals surface area (Å²) in [4.78, 5) is 13.7. The van der Waals surface area contributed by atoms with Gasteiger partial charge in [-0.15, -0.1) is 0 Å². The number of aryl methyl sites for hydroxylation is 1. The quantitative estimate of drug-likeness (QED) is 0.772. The van der Waals surface area contributed by atoms with Gasteiger partial charge in [0.25, 0.3) is 0 Å². The number of aromatic nitrogens is 1. The summed E-state index contributed by atoms with van der Waals surface area (Å²) >= 11 is 1.88. The van der Waals surface area contributed by atoms with E-state index in [-0.39, 0.29) is 12.0 Å². The number of hydrogen-bond donors (Lipinski definition) is 0. The van der Waals surface area contributed by atoms with Gasteiger partial charge >= 0.3 is 5.97 Å². The molecule has 0 N–H and O–H groups in total. The largest absolute Gasteiger partial charge is 0.469 e. The summed E-state index contributed by atoms with van der Waals surface area (Å²) in [6.45, 7) is 3.58. The molecule has 0 aromatic carbocycles. The van der Waals surface area contributed by atoms with Gasteiger partial charge in [-0.25, -0.2) is 0 Å². The van der Waals surface area contributed by atoms with E-state index in [1.807, 2.05) is 24.8 Å². The van der Waals surface area contributed by atoms with E-state index < -0.39 is 0 Å². The van der Waals surface area contributed by atoms with E-state index in [9.17, 15) is 4.79 Å². The molecule has 0 unspecified atom stereocenters. The Bertz CT molecular complexity index is 408. The van der Waals surface area contributed by atoms with Gasteiger partial charge in [0.15, 0.2) is 5.76 Å². The third-order valence-corrected chi connectivity index (χ3v) is 4.11. The van der Waals surface area contributed by atoms with Crippen molar-refractivity contribution in [3.05, 3.63) is 17.5 Å². The minimum atomic E-state index is -0.152. The average molecular weight is 270 g/mol. The van der Waals surface area contributed by atoms with Crippen LogP contribution in [0.4, 0.5) is 0 Å². The van der Waals surface area contributed by atoms with Crippen molar-refractivity contribution < 1.29 is 14.1 Å². The first-order valence-corrected chi connectivity index (χ1v) is 7.15. The highest BCUT2D eigenvalue weighted by atomic mass is 32.2. The molecule has 0 saturated carbocycles. The lowest BCUT2D eigenvalue weighted by atomic mass is 10.2. The van der Waals surface area contributed by atoms with Crippen LogP contribution in [-0.4, -0.2) is 47.2 Å². The topological polar surface area (TPSA) is 55.6 Å². The third-order valence-electron chi connectivity index (χ3n) is 3.02. The van der Waals surface area contributed by atoms with Crippen LogP contribution in [0.1, 0.15) is 17.9 Å². The zero-order valence-electron chi connectivity index (χ0n) is 10.7. The molecule has 5 nitrogen and oxygen atoms in total. The molecule has 1 aromatic rings. The van der Waals surface area contributed by atoms with Crippen LogP contribution in [0.3, 0.4) is 0 Å². The third kappa shape index (κ3) is 3.49. The van der Waals surface area contributed by atoms with Crippen LogP contribution in [0.25, 0.3) is 0 Å². The zero-order valence-corrected chi connectivity index (χ0v) is 11.5. The van der Waals surface area contributed by atoms with Gasteiger partial charge in [0.05, 0.1) is 25.8 Å². The second-order valence-electron chi connectivity index (χ2n) is 4.41. The Morgan fingerprint density at radius 3 is 3.22 bits per heavy atom. The van der Waals surface area contributed by atoms with Crippen molar-refractivity contribution in [1.82, 2.24) is 10.1 Å². The molecule has 100 valence electrons. The molecule has 18 heavy (non-hydrogen) atoms. The number of thioether (sulfide) groups is 1. The molecule has 1 aliphatic rings. The van der Waals surface area contributed by atoms with E-state index in [1.54, 1.807) is 0 Å². The fraction of sp³-hybridized carbons (Fsp3) is 0.667. The van der Waals surface area contributed by atoms with E-state index >= 15 is 0 Å². The van der Waals surface area contributed by atoms with Gasteiger partial charge in [0.1, 0.15) is 0 Å². The maximum Gasteiger partial charge on any atom is 0.307 e. The minimum absolute atomic E-state index is 0.152. The summed E-state index contributed by atoms with van der Waals surface area (Å²) in [5.41, 5.74) is 0.890. The lowest BCUT2D eigenvalue weighted by Crippen LogP contribution is -2.43. The molecular formula is C12H18N2O3S. The van der Waals surface area contributed by atoms with Crippen molar-refractivity contribution in [3.8, 4) is 0 Å². The molecule has 2 rings (SSSR count). The molecule has 0 spiro atoms. The molecule has 0 amide bonds. The monoisotopic (exact) mass is 270 g/mol. The summed E-state index contributed by atoms with van der Waals surface area (Å²) in [5, 5.41) is 3.89. The Hall–Kier alpha value is -1.01. The second-order valence-corrected chi connectivity index (χ2v) is 5.56. The molecule has 1 fully saturated rings. The SMILES string of the molecule is COC(=O)C[C@H]1CSCCN1Cc1cc(C)no1. The van der Waals surface area contributed by atoms with E-state index in [1.165, 1.54) is 7.11 Å². The number of esters is 1. The molecule has 0 aliphatic carbocycles. The van der Waals surface area contributed by atoms with Crippen LogP contribution in [0.2, 0.25) is 0 Å². The first kappa shape index (κ1) is 13.4. The van der Waals surface area contributed by atoms with E-state index in [0.29, 0.717) is 13.0 Å². The Morgan fingerprint density at radius 2 is 2.56 bits per heavy atom. The van der Waals surface area contributed by atoms with Crippen LogP contribution < -0.4 is 0 Å². The summed E-state index contributed by atoms with van der Waals surface area (Å²) in [5.74, 6) is 2.75. The Labute approximate surface area is 111 Å². The minimum Gasteiger partial charge on any atom is -0.469 e. The van der Waals surface area contributed by atoms with Crippen LogP contribution in [-0.2, 0) is 16.1 Å². The summed E-state index contributed by atoms with van der Waals surface area (Å²) in [6, 6.07) is 2.17. The molecule has 1 aromatic heterocycles. The number of methoxy groups -OCH3 is 1. The molecule has 1 atom stereocenters. The van der Waals surface area contributed by atoms with Gasteiger partial charge in [0, 0.05) is 30.2 Å². The lowest BCUT2D eigenvalue weighted by Gasteiger charge is -2.33. The Balaban J connectivity index is 1.96. The van der Waals surface area contributed by atoms with Crippen molar-refractivity contribution >= 4 is 17.7 Å². The van der Waals surface area contributed by atoms with Crippen LogP contribution in [0.15, 0.2) is 10.6 Å². The molecule has 2 heterocycles. The van der Waals surface area contributed by atoms with Gasteiger partial charge in [-0.3, -0.25) is 9.69 Å². The molecule has 0 radical (unpaired) electrons. The van der Waals surface area contributed by atoms with Crippen LogP contribution in [0.5, 0.6) is 0 Å². The van der Waals surface area contributed by atoms with Gasteiger partial charge in [-0.2, -0.15) is 11.8 Å². The number of carbonyl (C=O) groups is 1. The van der Waals surface area contributed by atoms with Crippen molar-refractivity contribution in [2.75, 3.05) is 25.2 Å². The summed E-state index contributed by atoms with van der Waals surface area (Å²) in [7, 11) is 1.43. The van der Waals surface area contributed by atoms with E-state index in [0.717, 1.165) is 29.5 Å². The van der Waals surface area contributed by atoms with Crippen molar-refractivity contribution in [3.63, 3.8) is 0 Å². The number of nitrogens with zero attached hydrogens (tertiary/aromatic N) is 2. The standard InChI is InChI=1S/C12H18N2O3S/c1-9-5-11(17-13-9)7-14-3-4-18-8-10(14)6-12(15)16-2/h5,10H,3-4,6-8H2,1-2H3/t10-/m0/s1. The highest BCUT2D eigenvalue weighted by Gasteiger charge is 2.26. The van der Waals surface area contributed by atoms with Crippen molar-refractivity contribution in [1.29, 1.82) is 0 Å². The smallest absolute Gasteiger partial charge is 0.307 e. The summed E-state index contributed by atoms with van der Waals surface area (Å²) in [6.07, 6.45) is 0.441. The highest BCUT2D eigenvalue weighted by Crippen LogP contribution is 2.21. The van der Waals surface area contributed by atoms with Gasteiger partial charge in [-0.1, -0.05) is 5.16 Å². The summed E-state index contributed by atoms with van der Waals surface area (Å²) < 4.78 is 9.98. The number of hydrogen-bond acceptors (Lipinski definition) is 6. The maximum absolute atomic E-state index is 11.4. The van der Waals surface area contributed by atoms with Crippen molar-refractivity contribution in [2.24, 2.45) is 0 Å². The Morgan fingerprint density at radius 1 is 1.72 bits per heavy atom. The van der Waals surface area contributed by atoms with E-state index in [4.69, 9.17) is 9.26 Å². The van der Waals surface area contributed by atoms with Crippen molar-refractivity contribution in [2.45, 2.75) is 25.9 Å². The normalized spacial score (nSPS) is 20.9. The average Bonchev–Trinajstić information content (AvgIpc) is 2.77. The maximum atomic E-state index is 11.4. The van der Waals surface area contributed by atoms with Gasteiger partial charge in [0.2, 0.25) is 0 Å². The zero-order chi connectivity index (χ0) is 13.0. The van der Waals surface area contributed by atoms with Gasteiger partial charge in [-0.05, 0) is 6.92 Å². The van der Waals surface area contributed by atoms with Crippen LogP contribution >= 0.6 is 11.8 Å². The predicted molar refractivity (Wildman–Crippen MR) is 69.4 cm³/mol. The Kier molecular flexibility index (Phi) is 4.66. The molecule has 0 bridgehead atoms.